The van der Waals surface area contributed by atoms with Crippen LogP contribution < -0.4 is 14.8 Å². The second kappa shape index (κ2) is 8.90. The molecule has 0 saturated heterocycles. The van der Waals surface area contributed by atoms with Crippen LogP contribution in [-0.2, 0) is 14.8 Å². The number of hydrogen-bond donors (Lipinski definition) is 2. The summed E-state index contributed by atoms with van der Waals surface area (Å²) in [5.74, 6) is 0.469. The van der Waals surface area contributed by atoms with E-state index in [-0.39, 0.29) is 15.8 Å². The van der Waals surface area contributed by atoms with Crippen molar-refractivity contribution in [3.63, 3.8) is 0 Å². The van der Waals surface area contributed by atoms with Crippen molar-refractivity contribution < 1.29 is 22.5 Å². The van der Waals surface area contributed by atoms with Crippen LogP contribution in [0.4, 0.5) is 11.4 Å². The van der Waals surface area contributed by atoms with Gasteiger partial charge in [-0.25, -0.2) is 8.42 Å². The highest BCUT2D eigenvalue weighted by Gasteiger charge is 2.19. The molecule has 158 valence electrons. The number of carbonyl (C=O) groups is 1. The number of carbonyl (C=O) groups excluding carboxylic acids is 1. The third-order valence-electron chi connectivity index (χ3n) is 3.86. The van der Waals surface area contributed by atoms with Gasteiger partial charge in [0.05, 0.1) is 12.8 Å². The van der Waals surface area contributed by atoms with Gasteiger partial charge < -0.3 is 14.6 Å². The number of nitrogens with one attached hydrogen (secondary N) is 2. The zero-order valence-corrected chi connectivity index (χ0v) is 18.6. The van der Waals surface area contributed by atoms with Gasteiger partial charge in [0.1, 0.15) is 21.3 Å². The van der Waals surface area contributed by atoms with Crippen LogP contribution in [0.2, 0.25) is 5.02 Å². The first-order valence-corrected chi connectivity index (χ1v) is 11.3. The maximum Gasteiger partial charge on any atom is 0.271 e. The number of nitrogens with zero attached hydrogens (tertiary/aromatic N) is 1. The minimum Gasteiger partial charge on any atom is -0.495 e. The molecular weight excluding hydrogens is 450 g/mol. The van der Waals surface area contributed by atoms with E-state index in [1.807, 2.05) is 0 Å². The third-order valence-corrected chi connectivity index (χ3v) is 7.00. The lowest BCUT2D eigenvalue weighted by Gasteiger charge is -2.11. The fourth-order valence-electron chi connectivity index (χ4n) is 2.51. The molecule has 0 saturated carbocycles. The highest BCUT2D eigenvalue weighted by atomic mass is 35.5. The van der Waals surface area contributed by atoms with Gasteiger partial charge in [0.25, 0.3) is 10.0 Å². The number of benzene rings is 1. The van der Waals surface area contributed by atoms with Crippen LogP contribution in [0.5, 0.6) is 5.75 Å². The van der Waals surface area contributed by atoms with Crippen molar-refractivity contribution in [2.75, 3.05) is 17.1 Å². The van der Waals surface area contributed by atoms with E-state index in [0.717, 1.165) is 11.3 Å². The molecule has 0 radical (unpaired) electrons. The Morgan fingerprint density at radius 2 is 2.03 bits per heavy atom. The molecule has 0 fully saturated rings. The zero-order valence-electron chi connectivity index (χ0n) is 16.2. The Labute approximate surface area is 182 Å². The van der Waals surface area contributed by atoms with E-state index in [0.29, 0.717) is 32.8 Å². The van der Waals surface area contributed by atoms with E-state index in [1.165, 1.54) is 26.2 Å². The number of sulfonamides is 1. The van der Waals surface area contributed by atoms with Gasteiger partial charge in [-0.15, -0.1) is 11.3 Å². The lowest BCUT2D eigenvalue weighted by Crippen LogP contribution is -2.12. The van der Waals surface area contributed by atoms with Crippen molar-refractivity contribution in [1.82, 2.24) is 5.16 Å². The van der Waals surface area contributed by atoms with Crippen LogP contribution in [0.15, 0.2) is 39.1 Å². The Morgan fingerprint density at radius 3 is 2.73 bits per heavy atom. The van der Waals surface area contributed by atoms with Crippen LogP contribution in [0.25, 0.3) is 12.2 Å². The Morgan fingerprint density at radius 1 is 1.27 bits per heavy atom. The summed E-state index contributed by atoms with van der Waals surface area (Å²) in [5, 5.41) is 6.86. The number of thiophene rings is 1. The maximum atomic E-state index is 12.7. The molecule has 2 aromatic heterocycles. The molecule has 11 heteroatoms. The number of amides is 1. The summed E-state index contributed by atoms with van der Waals surface area (Å²) in [6.45, 7) is 3.09. The number of ether oxygens (including phenoxy) is 1. The summed E-state index contributed by atoms with van der Waals surface area (Å²) in [6, 6.07) is 7.81. The normalized spacial score (nSPS) is 11.6. The fraction of sp³-hybridized carbons (Fsp3) is 0.158. The van der Waals surface area contributed by atoms with E-state index >= 15 is 0 Å². The Bertz CT molecular complexity index is 1210. The first-order valence-electron chi connectivity index (χ1n) is 8.58. The minimum absolute atomic E-state index is 0.111. The molecule has 0 bridgehead atoms. The minimum atomic E-state index is -3.84. The molecule has 0 atom stereocenters. The van der Waals surface area contributed by atoms with Crippen LogP contribution in [0.1, 0.15) is 23.3 Å². The third kappa shape index (κ3) is 5.02. The Kier molecular flexibility index (Phi) is 6.49. The number of halogens is 1. The van der Waals surface area contributed by atoms with E-state index in [9.17, 15) is 13.2 Å². The molecule has 0 aliphatic carbocycles. The number of aromatic nitrogens is 1. The van der Waals surface area contributed by atoms with E-state index < -0.39 is 10.0 Å². The average Bonchev–Trinajstić information content (AvgIpc) is 3.28. The predicted molar refractivity (Wildman–Crippen MR) is 118 cm³/mol. The number of aryl methyl sites for hydroxylation is 1. The molecule has 30 heavy (non-hydrogen) atoms. The monoisotopic (exact) mass is 467 g/mol. The molecule has 0 spiro atoms. The summed E-state index contributed by atoms with van der Waals surface area (Å²) in [7, 11) is -2.40. The quantitative estimate of drug-likeness (QED) is 0.523. The highest BCUT2D eigenvalue weighted by molar-refractivity contribution is 7.94. The molecule has 1 aromatic carbocycles. The molecule has 0 unspecified atom stereocenters. The summed E-state index contributed by atoms with van der Waals surface area (Å²) in [5.41, 5.74) is 1.25. The van der Waals surface area contributed by atoms with E-state index in [2.05, 4.69) is 15.2 Å². The molecule has 2 heterocycles. The van der Waals surface area contributed by atoms with Crippen molar-refractivity contribution in [2.24, 2.45) is 0 Å². The number of anilines is 2. The van der Waals surface area contributed by atoms with Crippen molar-refractivity contribution in [3.05, 3.63) is 51.7 Å². The number of rotatable bonds is 7. The predicted octanol–water partition coefficient (Wildman–Crippen LogP) is 4.64. The standard InChI is InChI=1S/C19H18ClN3O5S2/c1-11-19(21-12(2)24)17(28-22-11)8-5-14-6-9-18(29-14)30(25,26)23-15-10-13(20)4-7-16(15)27-3/h4-10,23H,1-3H3,(H,21,24). The fourth-order valence-corrected chi connectivity index (χ4v) is 4.97. The Hall–Kier alpha value is -2.82. The lowest BCUT2D eigenvalue weighted by atomic mass is 10.2. The van der Waals surface area contributed by atoms with Crippen LogP contribution in [0, 0.1) is 6.92 Å². The molecule has 3 aromatic rings. The second-order valence-corrected chi connectivity index (χ2v) is 9.59. The summed E-state index contributed by atoms with van der Waals surface area (Å²) in [6.07, 6.45) is 3.29. The molecule has 3 rings (SSSR count). The van der Waals surface area contributed by atoms with E-state index in [4.69, 9.17) is 20.9 Å². The summed E-state index contributed by atoms with van der Waals surface area (Å²) in [4.78, 5) is 12.0. The van der Waals surface area contributed by atoms with Crippen LogP contribution in [0.3, 0.4) is 0 Å². The van der Waals surface area contributed by atoms with Crippen molar-refractivity contribution >= 4 is 62.4 Å². The molecule has 8 nitrogen and oxygen atoms in total. The average molecular weight is 468 g/mol. The first-order chi connectivity index (χ1) is 14.2. The van der Waals surface area contributed by atoms with Crippen molar-refractivity contribution in [1.29, 1.82) is 0 Å². The van der Waals surface area contributed by atoms with Gasteiger partial charge >= 0.3 is 0 Å². The van der Waals surface area contributed by atoms with Gasteiger partial charge in [-0.05, 0) is 49.4 Å². The SMILES string of the molecule is COc1ccc(Cl)cc1NS(=O)(=O)c1ccc(C=Cc2onc(C)c2NC(C)=O)s1. The number of hydrogen-bond acceptors (Lipinski definition) is 7. The maximum absolute atomic E-state index is 12.7. The van der Waals surface area contributed by atoms with Crippen molar-refractivity contribution in [3.8, 4) is 5.75 Å². The van der Waals surface area contributed by atoms with Gasteiger partial charge in [0, 0.05) is 16.8 Å². The lowest BCUT2D eigenvalue weighted by molar-refractivity contribution is -0.114. The van der Waals surface area contributed by atoms with Crippen LogP contribution >= 0.6 is 22.9 Å². The molecular formula is C19H18ClN3O5S2. The molecule has 0 aliphatic rings. The van der Waals surface area contributed by atoms with Gasteiger partial charge in [-0.2, -0.15) is 0 Å². The van der Waals surface area contributed by atoms with Crippen LogP contribution in [-0.4, -0.2) is 26.6 Å². The zero-order chi connectivity index (χ0) is 21.9. The Balaban J connectivity index is 1.82. The largest absolute Gasteiger partial charge is 0.495 e. The van der Waals surface area contributed by atoms with Gasteiger partial charge in [0.15, 0.2) is 5.76 Å². The topological polar surface area (TPSA) is 111 Å². The van der Waals surface area contributed by atoms with E-state index in [1.54, 1.807) is 37.3 Å². The first kappa shape index (κ1) is 21.9. The molecule has 1 amide bonds. The molecule has 2 N–H and O–H groups in total. The van der Waals surface area contributed by atoms with Gasteiger partial charge in [0.2, 0.25) is 5.91 Å². The molecule has 0 aliphatic heterocycles. The summed E-state index contributed by atoms with van der Waals surface area (Å²) >= 11 is 7.02. The smallest absolute Gasteiger partial charge is 0.271 e. The second-order valence-electron chi connectivity index (χ2n) is 6.13. The summed E-state index contributed by atoms with van der Waals surface area (Å²) < 4.78 is 38.5. The van der Waals surface area contributed by atoms with Gasteiger partial charge in [-0.1, -0.05) is 16.8 Å². The number of methoxy groups -OCH3 is 1. The highest BCUT2D eigenvalue weighted by Crippen LogP contribution is 2.32. The van der Waals surface area contributed by atoms with Crippen molar-refractivity contribution in [2.45, 2.75) is 18.1 Å². The van der Waals surface area contributed by atoms with Gasteiger partial charge in [-0.3, -0.25) is 9.52 Å².